The molecule has 3 heteroatoms. The molecule has 18 heavy (non-hydrogen) atoms. The smallest absolute Gasteiger partial charge is 0.400 e. The van der Waals surface area contributed by atoms with Gasteiger partial charge in [0.15, 0.2) is 0 Å². The maximum atomic E-state index is 6.14. The van der Waals surface area contributed by atoms with Gasteiger partial charge in [-0.2, -0.15) is 0 Å². The Morgan fingerprint density at radius 3 is 1.94 bits per heavy atom. The fourth-order valence-electron chi connectivity index (χ4n) is 2.18. The minimum Gasteiger partial charge on any atom is -0.400 e. The van der Waals surface area contributed by atoms with Gasteiger partial charge in [0, 0.05) is 5.41 Å². The van der Waals surface area contributed by atoms with Crippen molar-refractivity contribution >= 4 is 7.12 Å². The van der Waals surface area contributed by atoms with Crippen LogP contribution >= 0.6 is 0 Å². The average molecular weight is 246 g/mol. The third-order valence-electron chi connectivity index (χ3n) is 4.26. The summed E-state index contributed by atoms with van der Waals surface area (Å²) in [7, 11) is -0.266. The number of rotatable bonds is 1. The average Bonchev–Trinajstić information content (AvgIpc) is 2.34. The molecule has 1 saturated heterocycles. The lowest BCUT2D eigenvalue weighted by Crippen LogP contribution is -2.41. The normalized spacial score (nSPS) is 28.1. The first-order valence-corrected chi connectivity index (χ1v) is 6.58. The highest BCUT2D eigenvalue weighted by Crippen LogP contribution is 2.43. The van der Waals surface area contributed by atoms with Crippen molar-refractivity contribution in [1.29, 1.82) is 0 Å². The molecule has 0 saturated carbocycles. The van der Waals surface area contributed by atoms with E-state index in [1.807, 2.05) is 12.2 Å². The second-order valence-electron chi connectivity index (χ2n) is 6.68. The fraction of sp³-hybridized carbons (Fsp3) is 0.600. The van der Waals surface area contributed by atoms with Crippen LogP contribution in [0.2, 0.25) is 0 Å². The molecule has 0 spiro atoms. The molecule has 0 bridgehead atoms. The van der Waals surface area contributed by atoms with Crippen LogP contribution in [0.3, 0.4) is 0 Å². The van der Waals surface area contributed by atoms with Crippen LogP contribution in [0.15, 0.2) is 35.9 Å². The van der Waals surface area contributed by atoms with Crippen molar-refractivity contribution < 1.29 is 9.31 Å². The molecule has 0 aromatic rings. The van der Waals surface area contributed by atoms with Crippen LogP contribution in [-0.2, 0) is 9.31 Å². The van der Waals surface area contributed by atoms with Crippen molar-refractivity contribution in [2.24, 2.45) is 5.41 Å². The summed E-state index contributed by atoms with van der Waals surface area (Å²) in [6.45, 7) is 12.7. The summed E-state index contributed by atoms with van der Waals surface area (Å²) in [6.07, 6.45) is 10.5. The molecule has 1 aliphatic heterocycles. The molecular weight excluding hydrogens is 223 g/mol. The van der Waals surface area contributed by atoms with Crippen LogP contribution in [0.5, 0.6) is 0 Å². The van der Waals surface area contributed by atoms with Crippen LogP contribution in [0.1, 0.15) is 41.5 Å². The maximum Gasteiger partial charge on any atom is 0.491 e. The van der Waals surface area contributed by atoms with Gasteiger partial charge in [-0.25, -0.2) is 0 Å². The van der Waals surface area contributed by atoms with Crippen molar-refractivity contribution in [2.45, 2.75) is 52.7 Å². The standard InChI is InChI=1S/C15H23BO2/c1-13(2)11-9-7-8-10-12(13)16-17-14(3,4)15(5,6)18-16/h7-11H,1-6H3. The second-order valence-corrected chi connectivity index (χ2v) is 6.68. The third kappa shape index (κ3) is 2.22. The van der Waals surface area contributed by atoms with Gasteiger partial charge in [0.25, 0.3) is 0 Å². The first kappa shape index (κ1) is 13.6. The molecule has 2 aliphatic rings. The van der Waals surface area contributed by atoms with Gasteiger partial charge in [0.2, 0.25) is 0 Å². The molecule has 1 heterocycles. The Labute approximate surface area is 111 Å². The zero-order chi connectivity index (χ0) is 13.6. The molecule has 1 fully saturated rings. The van der Waals surface area contributed by atoms with Crippen LogP contribution < -0.4 is 0 Å². The van der Waals surface area contributed by atoms with Gasteiger partial charge in [-0.1, -0.05) is 44.2 Å². The van der Waals surface area contributed by atoms with Gasteiger partial charge >= 0.3 is 7.12 Å². The molecular formula is C15H23BO2. The highest BCUT2D eigenvalue weighted by atomic mass is 16.7. The predicted molar refractivity (Wildman–Crippen MR) is 76.2 cm³/mol. The van der Waals surface area contributed by atoms with E-state index in [-0.39, 0.29) is 23.7 Å². The molecule has 2 rings (SSSR count). The Hall–Kier alpha value is -0.795. The van der Waals surface area contributed by atoms with Crippen molar-refractivity contribution in [3.05, 3.63) is 35.9 Å². The van der Waals surface area contributed by atoms with Gasteiger partial charge in [-0.15, -0.1) is 0 Å². The summed E-state index contributed by atoms with van der Waals surface area (Å²) in [4.78, 5) is 0. The van der Waals surface area contributed by atoms with Crippen LogP contribution in [0.25, 0.3) is 0 Å². The summed E-state index contributed by atoms with van der Waals surface area (Å²) in [5, 5.41) is 0. The monoisotopic (exact) mass is 246 g/mol. The molecule has 0 aromatic carbocycles. The predicted octanol–water partition coefficient (Wildman–Crippen LogP) is 3.70. The Morgan fingerprint density at radius 2 is 1.39 bits per heavy atom. The highest BCUT2D eigenvalue weighted by molar-refractivity contribution is 6.55. The first-order valence-electron chi connectivity index (χ1n) is 6.58. The molecule has 0 amide bonds. The molecule has 2 nitrogen and oxygen atoms in total. The minimum absolute atomic E-state index is 0.0509. The quantitative estimate of drug-likeness (QED) is 0.657. The van der Waals surface area contributed by atoms with Gasteiger partial charge in [0.05, 0.1) is 11.2 Å². The van der Waals surface area contributed by atoms with Crippen molar-refractivity contribution in [3.8, 4) is 0 Å². The third-order valence-corrected chi connectivity index (χ3v) is 4.26. The summed E-state index contributed by atoms with van der Waals surface area (Å²) >= 11 is 0. The van der Waals surface area contributed by atoms with Crippen molar-refractivity contribution in [3.63, 3.8) is 0 Å². The zero-order valence-corrected chi connectivity index (χ0v) is 12.3. The number of hydrogen-bond donors (Lipinski definition) is 0. The fourth-order valence-corrected chi connectivity index (χ4v) is 2.18. The lowest BCUT2D eigenvalue weighted by Gasteiger charge is -2.32. The van der Waals surface area contributed by atoms with Gasteiger partial charge < -0.3 is 9.31 Å². The molecule has 1 aliphatic carbocycles. The Kier molecular flexibility index (Phi) is 3.11. The Balaban J connectivity index is 2.32. The van der Waals surface area contributed by atoms with E-state index in [1.54, 1.807) is 0 Å². The zero-order valence-electron chi connectivity index (χ0n) is 12.3. The van der Waals surface area contributed by atoms with Gasteiger partial charge in [-0.05, 0) is 33.2 Å². The summed E-state index contributed by atoms with van der Waals surface area (Å²) < 4.78 is 12.3. The molecule has 0 radical (unpaired) electrons. The van der Waals surface area contributed by atoms with E-state index < -0.39 is 0 Å². The highest BCUT2D eigenvalue weighted by Gasteiger charge is 2.53. The largest absolute Gasteiger partial charge is 0.491 e. The van der Waals surface area contributed by atoms with E-state index in [2.05, 4.69) is 59.8 Å². The van der Waals surface area contributed by atoms with Crippen molar-refractivity contribution in [1.82, 2.24) is 0 Å². The van der Waals surface area contributed by atoms with Crippen molar-refractivity contribution in [2.75, 3.05) is 0 Å². The Bertz CT molecular complexity index is 412. The number of hydrogen-bond acceptors (Lipinski definition) is 2. The second kappa shape index (κ2) is 4.11. The van der Waals surface area contributed by atoms with E-state index in [0.717, 1.165) is 0 Å². The molecule has 0 aromatic heterocycles. The van der Waals surface area contributed by atoms with E-state index in [1.165, 1.54) is 5.47 Å². The summed E-state index contributed by atoms with van der Waals surface area (Å²) in [6, 6.07) is 0. The minimum atomic E-state index is -0.283. The van der Waals surface area contributed by atoms with Crippen LogP contribution in [0.4, 0.5) is 0 Å². The van der Waals surface area contributed by atoms with Crippen LogP contribution in [0, 0.1) is 5.41 Å². The molecule has 0 unspecified atom stereocenters. The lowest BCUT2D eigenvalue weighted by molar-refractivity contribution is 0.00578. The SMILES string of the molecule is CC1(C)C=CC=CC=C1B1OC(C)(C)C(C)(C)O1. The van der Waals surface area contributed by atoms with Crippen LogP contribution in [-0.4, -0.2) is 18.3 Å². The Morgan fingerprint density at radius 1 is 0.833 bits per heavy atom. The number of allylic oxidation sites excluding steroid dienone is 6. The van der Waals surface area contributed by atoms with E-state index in [0.29, 0.717) is 0 Å². The van der Waals surface area contributed by atoms with Gasteiger partial charge in [-0.3, -0.25) is 0 Å². The lowest BCUT2D eigenvalue weighted by atomic mass is 9.64. The van der Waals surface area contributed by atoms with E-state index in [9.17, 15) is 0 Å². The topological polar surface area (TPSA) is 18.5 Å². The molecule has 98 valence electrons. The first-order chi connectivity index (χ1) is 8.16. The van der Waals surface area contributed by atoms with E-state index in [4.69, 9.17) is 9.31 Å². The maximum absolute atomic E-state index is 6.14. The summed E-state index contributed by atoms with van der Waals surface area (Å²) in [5.41, 5.74) is 0.555. The van der Waals surface area contributed by atoms with Gasteiger partial charge in [0.1, 0.15) is 0 Å². The molecule has 0 atom stereocenters. The molecule has 0 N–H and O–H groups in total. The van der Waals surface area contributed by atoms with E-state index >= 15 is 0 Å². The summed E-state index contributed by atoms with van der Waals surface area (Å²) in [5.74, 6) is 0.